The number of hydrogen-bond acceptors (Lipinski definition) is 3. The van der Waals surface area contributed by atoms with Crippen molar-refractivity contribution < 1.29 is 8.78 Å². The van der Waals surface area contributed by atoms with Gasteiger partial charge in [-0.2, -0.15) is 0 Å². The molecule has 1 aromatic carbocycles. The normalized spacial score (nSPS) is 20.8. The summed E-state index contributed by atoms with van der Waals surface area (Å²) in [6.07, 6.45) is -1.47. The predicted octanol–water partition coefficient (Wildman–Crippen LogP) is 3.09. The molecule has 0 radical (unpaired) electrons. The molecule has 104 valence electrons. The maximum absolute atomic E-state index is 12.5. The third-order valence-electron chi connectivity index (χ3n) is 3.67. The van der Waals surface area contributed by atoms with E-state index in [1.54, 1.807) is 12.1 Å². The van der Waals surface area contributed by atoms with Crippen LogP contribution in [-0.2, 0) is 0 Å². The van der Waals surface area contributed by atoms with Gasteiger partial charge >= 0.3 is 0 Å². The topological polar surface area (TPSA) is 41.6 Å². The molecular formula is C14H19F2N3. The van der Waals surface area contributed by atoms with Gasteiger partial charge in [0.1, 0.15) is 0 Å². The Morgan fingerprint density at radius 3 is 2.53 bits per heavy atom. The van der Waals surface area contributed by atoms with Crippen LogP contribution < -0.4 is 5.73 Å². The zero-order valence-electron chi connectivity index (χ0n) is 11.2. The standard InChI is InChI=1S/C14H19F2N3/c1-3-9(2)19-12(8-18-14(19)17)10-4-6-11(7-5-10)13(15)16/h4-7,9,12-13H,3,8H2,1-2H3,(H2,17,18). The Hall–Kier alpha value is -1.65. The first-order valence-electron chi connectivity index (χ1n) is 6.50. The molecular weight excluding hydrogens is 248 g/mol. The molecule has 1 heterocycles. The van der Waals surface area contributed by atoms with E-state index in [1.807, 2.05) is 0 Å². The van der Waals surface area contributed by atoms with Crippen LogP contribution in [0, 0.1) is 0 Å². The van der Waals surface area contributed by atoms with Crippen molar-refractivity contribution in [1.29, 1.82) is 0 Å². The van der Waals surface area contributed by atoms with Crippen LogP contribution in [-0.4, -0.2) is 23.4 Å². The first kappa shape index (κ1) is 13.8. The zero-order chi connectivity index (χ0) is 14.0. The smallest absolute Gasteiger partial charge is 0.263 e. The SMILES string of the molecule is CCC(C)N1C(N)=NCC1c1ccc(C(F)F)cc1. The van der Waals surface area contributed by atoms with Crippen LogP contribution in [0.2, 0.25) is 0 Å². The van der Waals surface area contributed by atoms with E-state index in [9.17, 15) is 8.78 Å². The second-order valence-corrected chi connectivity index (χ2v) is 4.85. The molecule has 19 heavy (non-hydrogen) atoms. The van der Waals surface area contributed by atoms with Gasteiger partial charge in [0.25, 0.3) is 6.43 Å². The average molecular weight is 267 g/mol. The van der Waals surface area contributed by atoms with Gasteiger partial charge in [0.15, 0.2) is 5.96 Å². The Morgan fingerprint density at radius 1 is 1.37 bits per heavy atom. The third kappa shape index (κ3) is 2.69. The molecule has 0 saturated heterocycles. The third-order valence-corrected chi connectivity index (χ3v) is 3.67. The number of nitrogens with two attached hydrogens (primary N) is 1. The fourth-order valence-corrected chi connectivity index (χ4v) is 2.37. The Bertz CT molecular complexity index is 456. The molecule has 5 heteroatoms. The lowest BCUT2D eigenvalue weighted by atomic mass is 10.0. The first-order chi connectivity index (χ1) is 9.04. The Morgan fingerprint density at radius 2 is 2.00 bits per heavy atom. The van der Waals surface area contributed by atoms with Gasteiger partial charge in [-0.15, -0.1) is 0 Å². The Labute approximate surface area is 112 Å². The van der Waals surface area contributed by atoms with Gasteiger partial charge in [0.2, 0.25) is 0 Å². The molecule has 0 bridgehead atoms. The maximum Gasteiger partial charge on any atom is 0.263 e. The van der Waals surface area contributed by atoms with E-state index in [1.165, 1.54) is 12.1 Å². The predicted molar refractivity (Wildman–Crippen MR) is 72.2 cm³/mol. The quantitative estimate of drug-likeness (QED) is 0.910. The van der Waals surface area contributed by atoms with Crippen molar-refractivity contribution in [3.63, 3.8) is 0 Å². The van der Waals surface area contributed by atoms with Gasteiger partial charge in [-0.1, -0.05) is 31.2 Å². The number of nitrogens with zero attached hydrogens (tertiary/aromatic N) is 2. The van der Waals surface area contributed by atoms with Gasteiger partial charge in [-0.05, 0) is 18.9 Å². The van der Waals surface area contributed by atoms with E-state index in [4.69, 9.17) is 5.73 Å². The van der Waals surface area contributed by atoms with Crippen molar-refractivity contribution in [2.75, 3.05) is 6.54 Å². The van der Waals surface area contributed by atoms with Gasteiger partial charge in [0, 0.05) is 11.6 Å². The van der Waals surface area contributed by atoms with Crippen LogP contribution in [0.15, 0.2) is 29.3 Å². The van der Waals surface area contributed by atoms with E-state index in [0.29, 0.717) is 12.5 Å². The summed E-state index contributed by atoms with van der Waals surface area (Å²) in [7, 11) is 0. The minimum absolute atomic E-state index is 0.0470. The highest BCUT2D eigenvalue weighted by atomic mass is 19.3. The molecule has 1 aliphatic rings. The Balaban J connectivity index is 2.21. The van der Waals surface area contributed by atoms with Crippen molar-refractivity contribution >= 4 is 5.96 Å². The van der Waals surface area contributed by atoms with Gasteiger partial charge < -0.3 is 10.6 Å². The van der Waals surface area contributed by atoms with Crippen molar-refractivity contribution in [3.05, 3.63) is 35.4 Å². The monoisotopic (exact) mass is 267 g/mol. The minimum Gasteiger partial charge on any atom is -0.370 e. The molecule has 0 saturated carbocycles. The highest BCUT2D eigenvalue weighted by Gasteiger charge is 2.30. The summed E-state index contributed by atoms with van der Waals surface area (Å²) >= 11 is 0. The molecule has 0 spiro atoms. The number of benzene rings is 1. The number of rotatable bonds is 4. The fourth-order valence-electron chi connectivity index (χ4n) is 2.37. The van der Waals surface area contributed by atoms with Gasteiger partial charge in [0.05, 0.1) is 12.6 Å². The Kier molecular flexibility index (Phi) is 4.02. The van der Waals surface area contributed by atoms with Crippen molar-refractivity contribution in [2.24, 2.45) is 10.7 Å². The van der Waals surface area contributed by atoms with E-state index in [2.05, 4.69) is 23.7 Å². The summed E-state index contributed by atoms with van der Waals surface area (Å²) in [6, 6.07) is 6.78. The molecule has 3 nitrogen and oxygen atoms in total. The minimum atomic E-state index is -2.43. The summed E-state index contributed by atoms with van der Waals surface area (Å²) in [4.78, 5) is 6.34. The highest BCUT2D eigenvalue weighted by Crippen LogP contribution is 2.29. The van der Waals surface area contributed by atoms with E-state index >= 15 is 0 Å². The number of hydrogen-bond donors (Lipinski definition) is 1. The summed E-state index contributed by atoms with van der Waals surface area (Å²) in [6.45, 7) is 4.77. The lowest BCUT2D eigenvalue weighted by Crippen LogP contribution is -2.42. The summed E-state index contributed by atoms with van der Waals surface area (Å²) in [5.74, 6) is 0.539. The number of guanidine groups is 1. The molecule has 0 aliphatic carbocycles. The fraction of sp³-hybridized carbons (Fsp3) is 0.500. The van der Waals surface area contributed by atoms with Gasteiger partial charge in [-0.3, -0.25) is 4.99 Å². The molecule has 2 unspecified atom stereocenters. The highest BCUT2D eigenvalue weighted by molar-refractivity contribution is 5.80. The largest absolute Gasteiger partial charge is 0.370 e. The molecule has 1 aromatic rings. The molecule has 0 amide bonds. The number of halogens is 2. The number of aliphatic imine (C=N–C) groups is 1. The first-order valence-corrected chi connectivity index (χ1v) is 6.50. The lowest BCUT2D eigenvalue weighted by Gasteiger charge is -2.32. The second kappa shape index (κ2) is 5.55. The zero-order valence-corrected chi connectivity index (χ0v) is 11.2. The number of alkyl halides is 2. The van der Waals surface area contributed by atoms with Crippen molar-refractivity contribution in [1.82, 2.24) is 4.90 Å². The molecule has 2 atom stereocenters. The van der Waals surface area contributed by atoms with E-state index in [-0.39, 0.29) is 17.6 Å². The second-order valence-electron chi connectivity index (χ2n) is 4.85. The molecule has 1 aliphatic heterocycles. The van der Waals surface area contributed by atoms with E-state index < -0.39 is 6.43 Å². The van der Waals surface area contributed by atoms with Crippen molar-refractivity contribution in [2.45, 2.75) is 38.8 Å². The summed E-state index contributed by atoms with van der Waals surface area (Å²) < 4.78 is 25.1. The van der Waals surface area contributed by atoms with Crippen LogP contribution in [0.5, 0.6) is 0 Å². The average Bonchev–Trinajstić information content (AvgIpc) is 2.80. The summed E-state index contributed by atoms with van der Waals surface area (Å²) in [5, 5.41) is 0. The van der Waals surface area contributed by atoms with Crippen LogP contribution in [0.25, 0.3) is 0 Å². The molecule has 2 N–H and O–H groups in total. The lowest BCUT2D eigenvalue weighted by molar-refractivity contribution is 0.151. The summed E-state index contributed by atoms with van der Waals surface area (Å²) in [5.41, 5.74) is 6.94. The maximum atomic E-state index is 12.5. The molecule has 0 fully saturated rings. The van der Waals surface area contributed by atoms with E-state index in [0.717, 1.165) is 12.0 Å². The van der Waals surface area contributed by atoms with Gasteiger partial charge in [-0.25, -0.2) is 8.78 Å². The van der Waals surface area contributed by atoms with Crippen LogP contribution in [0.4, 0.5) is 8.78 Å². The molecule has 0 aromatic heterocycles. The van der Waals surface area contributed by atoms with Crippen LogP contribution in [0.1, 0.15) is 43.9 Å². The molecule has 2 rings (SSSR count). The van der Waals surface area contributed by atoms with Crippen LogP contribution in [0.3, 0.4) is 0 Å². The van der Waals surface area contributed by atoms with Crippen molar-refractivity contribution in [3.8, 4) is 0 Å². The van der Waals surface area contributed by atoms with Crippen LogP contribution >= 0.6 is 0 Å².